The predicted octanol–water partition coefficient (Wildman–Crippen LogP) is 2.10. The van der Waals surface area contributed by atoms with Gasteiger partial charge in [0.05, 0.1) is 6.61 Å². The van der Waals surface area contributed by atoms with Crippen molar-refractivity contribution in [2.45, 2.75) is 6.42 Å². The van der Waals surface area contributed by atoms with Gasteiger partial charge in [-0.3, -0.25) is 0 Å². The molecule has 1 aromatic rings. The standard InChI is InChI=1S/C11H11FO2/c1-2-11(13)14-8-7-9-5-3-4-6-10(9)12/h2-6H,1,7-8H2. The highest BCUT2D eigenvalue weighted by atomic mass is 19.1. The molecule has 2 nitrogen and oxygen atoms in total. The molecule has 0 aliphatic carbocycles. The van der Waals surface area contributed by atoms with Gasteiger partial charge in [-0.1, -0.05) is 24.8 Å². The average Bonchev–Trinajstić information content (AvgIpc) is 2.20. The summed E-state index contributed by atoms with van der Waals surface area (Å²) in [6.45, 7) is 3.43. The number of carbonyl (C=O) groups excluding carboxylic acids is 1. The number of halogens is 1. The number of benzene rings is 1. The molecule has 0 aromatic heterocycles. The number of hydrogen-bond donors (Lipinski definition) is 0. The van der Waals surface area contributed by atoms with Crippen molar-refractivity contribution < 1.29 is 13.9 Å². The van der Waals surface area contributed by atoms with E-state index in [4.69, 9.17) is 4.74 Å². The third kappa shape index (κ3) is 3.01. The number of carbonyl (C=O) groups is 1. The van der Waals surface area contributed by atoms with Crippen molar-refractivity contribution in [3.8, 4) is 0 Å². The molecule has 0 N–H and O–H groups in total. The lowest BCUT2D eigenvalue weighted by Crippen LogP contribution is -2.05. The molecule has 74 valence electrons. The van der Waals surface area contributed by atoms with Crippen molar-refractivity contribution >= 4 is 5.97 Å². The van der Waals surface area contributed by atoms with Crippen LogP contribution in [0.15, 0.2) is 36.9 Å². The smallest absolute Gasteiger partial charge is 0.330 e. The Morgan fingerprint density at radius 1 is 1.50 bits per heavy atom. The van der Waals surface area contributed by atoms with E-state index < -0.39 is 5.97 Å². The summed E-state index contributed by atoms with van der Waals surface area (Å²) in [6.07, 6.45) is 1.47. The highest BCUT2D eigenvalue weighted by molar-refractivity contribution is 5.81. The van der Waals surface area contributed by atoms with Crippen molar-refractivity contribution in [3.63, 3.8) is 0 Å². The van der Waals surface area contributed by atoms with Gasteiger partial charge in [0.15, 0.2) is 0 Å². The second-order valence-corrected chi connectivity index (χ2v) is 2.71. The summed E-state index contributed by atoms with van der Waals surface area (Å²) in [4.78, 5) is 10.7. The van der Waals surface area contributed by atoms with Crippen LogP contribution >= 0.6 is 0 Å². The Morgan fingerprint density at radius 3 is 2.86 bits per heavy atom. The molecule has 0 aliphatic rings. The molecule has 1 aromatic carbocycles. The van der Waals surface area contributed by atoms with Gasteiger partial charge < -0.3 is 4.74 Å². The molecule has 0 heterocycles. The third-order valence-corrected chi connectivity index (χ3v) is 1.74. The molecule has 0 fully saturated rings. The zero-order valence-electron chi connectivity index (χ0n) is 7.70. The molecule has 0 atom stereocenters. The molecular formula is C11H11FO2. The molecule has 0 unspecified atom stereocenters. The summed E-state index contributed by atoms with van der Waals surface area (Å²) in [5.74, 6) is -0.761. The molecule has 3 heteroatoms. The lowest BCUT2D eigenvalue weighted by Gasteiger charge is -2.02. The minimum Gasteiger partial charge on any atom is -0.462 e. The van der Waals surface area contributed by atoms with Gasteiger partial charge in [0.25, 0.3) is 0 Å². The third-order valence-electron chi connectivity index (χ3n) is 1.74. The SMILES string of the molecule is C=CC(=O)OCCc1ccccc1F. The number of esters is 1. The number of ether oxygens (including phenoxy) is 1. The Balaban J connectivity index is 2.42. The first-order valence-electron chi connectivity index (χ1n) is 4.26. The summed E-state index contributed by atoms with van der Waals surface area (Å²) in [5, 5.41) is 0. The van der Waals surface area contributed by atoms with Crippen LogP contribution in [0, 0.1) is 5.82 Å². The fourth-order valence-corrected chi connectivity index (χ4v) is 1.02. The minimum atomic E-state index is -0.485. The fourth-order valence-electron chi connectivity index (χ4n) is 1.02. The first-order valence-corrected chi connectivity index (χ1v) is 4.26. The van der Waals surface area contributed by atoms with E-state index >= 15 is 0 Å². The van der Waals surface area contributed by atoms with E-state index in [0.717, 1.165) is 6.08 Å². The summed E-state index contributed by atoms with van der Waals surface area (Å²) < 4.78 is 17.8. The number of rotatable bonds is 4. The van der Waals surface area contributed by atoms with Gasteiger partial charge in [-0.15, -0.1) is 0 Å². The normalized spacial score (nSPS) is 9.50. The van der Waals surface area contributed by atoms with E-state index in [1.165, 1.54) is 6.07 Å². The van der Waals surface area contributed by atoms with E-state index in [0.29, 0.717) is 12.0 Å². The maximum Gasteiger partial charge on any atom is 0.330 e. The molecule has 1 rings (SSSR count). The van der Waals surface area contributed by atoms with Gasteiger partial charge in [0, 0.05) is 12.5 Å². The van der Waals surface area contributed by atoms with Crippen molar-refractivity contribution in [2.75, 3.05) is 6.61 Å². The monoisotopic (exact) mass is 194 g/mol. The van der Waals surface area contributed by atoms with Crippen LogP contribution in [-0.2, 0) is 16.0 Å². The molecule has 0 radical (unpaired) electrons. The van der Waals surface area contributed by atoms with Crippen molar-refractivity contribution in [3.05, 3.63) is 48.3 Å². The zero-order chi connectivity index (χ0) is 10.4. The second-order valence-electron chi connectivity index (χ2n) is 2.71. The van der Waals surface area contributed by atoms with E-state index in [1.54, 1.807) is 18.2 Å². The van der Waals surface area contributed by atoms with E-state index in [9.17, 15) is 9.18 Å². The summed E-state index contributed by atoms with van der Waals surface area (Å²) in [6, 6.07) is 6.41. The Bertz CT molecular complexity index is 334. The van der Waals surface area contributed by atoms with Gasteiger partial charge in [0.2, 0.25) is 0 Å². The van der Waals surface area contributed by atoms with Crippen LogP contribution in [0.25, 0.3) is 0 Å². The topological polar surface area (TPSA) is 26.3 Å². The molecule has 0 saturated heterocycles. The van der Waals surface area contributed by atoms with Crippen molar-refractivity contribution in [1.29, 1.82) is 0 Å². The zero-order valence-corrected chi connectivity index (χ0v) is 7.70. The highest BCUT2D eigenvalue weighted by Gasteiger charge is 2.01. The molecule has 0 saturated carbocycles. The Hall–Kier alpha value is -1.64. The van der Waals surface area contributed by atoms with Crippen LogP contribution in [0.2, 0.25) is 0 Å². The Kier molecular flexibility index (Phi) is 3.85. The summed E-state index contributed by atoms with van der Waals surface area (Å²) in [5.41, 5.74) is 0.546. The van der Waals surface area contributed by atoms with Crippen LogP contribution in [-0.4, -0.2) is 12.6 Å². The Morgan fingerprint density at radius 2 is 2.21 bits per heavy atom. The van der Waals surface area contributed by atoms with Gasteiger partial charge in [-0.05, 0) is 11.6 Å². The van der Waals surface area contributed by atoms with Crippen LogP contribution in [0.1, 0.15) is 5.56 Å². The van der Waals surface area contributed by atoms with Crippen molar-refractivity contribution in [1.82, 2.24) is 0 Å². The summed E-state index contributed by atoms with van der Waals surface area (Å²) in [7, 11) is 0. The fraction of sp³-hybridized carbons (Fsp3) is 0.182. The largest absolute Gasteiger partial charge is 0.462 e. The van der Waals surface area contributed by atoms with Crippen molar-refractivity contribution in [2.24, 2.45) is 0 Å². The van der Waals surface area contributed by atoms with Crippen LogP contribution in [0.3, 0.4) is 0 Å². The molecule has 0 bridgehead atoms. The van der Waals surface area contributed by atoms with Crippen LogP contribution in [0.5, 0.6) is 0 Å². The van der Waals surface area contributed by atoms with Gasteiger partial charge in [0.1, 0.15) is 5.82 Å². The van der Waals surface area contributed by atoms with E-state index in [-0.39, 0.29) is 12.4 Å². The lowest BCUT2D eigenvalue weighted by atomic mass is 10.1. The quantitative estimate of drug-likeness (QED) is 0.542. The molecule has 0 amide bonds. The molecular weight excluding hydrogens is 183 g/mol. The lowest BCUT2D eigenvalue weighted by molar-refractivity contribution is -0.137. The van der Waals surface area contributed by atoms with Gasteiger partial charge in [-0.25, -0.2) is 9.18 Å². The van der Waals surface area contributed by atoms with Crippen LogP contribution < -0.4 is 0 Å². The first kappa shape index (κ1) is 10.4. The molecule has 0 spiro atoms. The van der Waals surface area contributed by atoms with E-state index in [2.05, 4.69) is 6.58 Å². The Labute approximate surface area is 82.0 Å². The van der Waals surface area contributed by atoms with Gasteiger partial charge >= 0.3 is 5.97 Å². The maximum atomic E-state index is 13.0. The molecule has 0 aliphatic heterocycles. The van der Waals surface area contributed by atoms with Gasteiger partial charge in [-0.2, -0.15) is 0 Å². The van der Waals surface area contributed by atoms with E-state index in [1.807, 2.05) is 0 Å². The first-order chi connectivity index (χ1) is 6.74. The second kappa shape index (κ2) is 5.17. The molecule has 14 heavy (non-hydrogen) atoms. The summed E-state index contributed by atoms with van der Waals surface area (Å²) >= 11 is 0. The average molecular weight is 194 g/mol. The highest BCUT2D eigenvalue weighted by Crippen LogP contribution is 2.06. The maximum absolute atomic E-state index is 13.0. The van der Waals surface area contributed by atoms with Crippen LogP contribution in [0.4, 0.5) is 4.39 Å². The predicted molar refractivity (Wildman–Crippen MR) is 51.3 cm³/mol. The number of hydrogen-bond acceptors (Lipinski definition) is 2. The minimum absolute atomic E-state index is 0.172.